The lowest BCUT2D eigenvalue weighted by atomic mass is 9.90. The Morgan fingerprint density at radius 3 is 2.59 bits per heavy atom. The summed E-state index contributed by atoms with van der Waals surface area (Å²) in [6, 6.07) is 7.22. The van der Waals surface area contributed by atoms with Crippen LogP contribution in [0.2, 0.25) is 0 Å². The second kappa shape index (κ2) is 6.30. The maximum atomic E-state index is 13.2. The molecule has 1 N–H and O–H groups in total. The van der Waals surface area contributed by atoms with Crippen LogP contribution in [-0.2, 0) is 11.3 Å². The van der Waals surface area contributed by atoms with Crippen molar-refractivity contribution in [2.75, 3.05) is 13.6 Å². The molecule has 27 heavy (non-hydrogen) atoms. The van der Waals surface area contributed by atoms with Gasteiger partial charge >= 0.3 is 6.03 Å². The van der Waals surface area contributed by atoms with Crippen LogP contribution in [0.3, 0.4) is 0 Å². The van der Waals surface area contributed by atoms with Gasteiger partial charge in [-0.05, 0) is 55.2 Å². The van der Waals surface area contributed by atoms with Gasteiger partial charge in [0.15, 0.2) is 0 Å². The number of amides is 3. The van der Waals surface area contributed by atoms with E-state index in [1.165, 1.54) is 5.56 Å². The van der Waals surface area contributed by atoms with Crippen molar-refractivity contribution in [3.05, 3.63) is 69.8 Å². The number of benzene rings is 1. The molecule has 1 aromatic heterocycles. The SMILES string of the molecule is Cc1cc(C)c([C@H]2NC(=O)N(C)C3=C2C(=O)N(Cc2ccco2)C3)cc1C. The van der Waals surface area contributed by atoms with E-state index in [4.69, 9.17) is 4.42 Å². The van der Waals surface area contributed by atoms with Gasteiger partial charge in [-0.3, -0.25) is 9.69 Å². The van der Waals surface area contributed by atoms with Gasteiger partial charge in [0, 0.05) is 7.05 Å². The Bertz CT molecular complexity index is 959. The van der Waals surface area contributed by atoms with Crippen molar-refractivity contribution in [1.29, 1.82) is 0 Å². The number of likely N-dealkylation sites (N-methyl/N-ethyl adjacent to an activating group) is 1. The summed E-state index contributed by atoms with van der Waals surface area (Å²) < 4.78 is 5.40. The minimum Gasteiger partial charge on any atom is -0.467 e. The number of aryl methyl sites for hydroxylation is 3. The first-order valence-electron chi connectivity index (χ1n) is 9.03. The molecule has 6 heteroatoms. The Balaban J connectivity index is 1.74. The molecule has 0 spiro atoms. The second-order valence-electron chi connectivity index (χ2n) is 7.34. The molecule has 0 radical (unpaired) electrons. The summed E-state index contributed by atoms with van der Waals surface area (Å²) in [4.78, 5) is 29.0. The van der Waals surface area contributed by atoms with Crippen molar-refractivity contribution in [2.24, 2.45) is 0 Å². The van der Waals surface area contributed by atoms with Crippen LogP contribution in [0.5, 0.6) is 0 Å². The first-order chi connectivity index (χ1) is 12.9. The number of furan rings is 1. The number of nitrogens with one attached hydrogen (secondary N) is 1. The average Bonchev–Trinajstić information content (AvgIpc) is 3.24. The van der Waals surface area contributed by atoms with E-state index in [9.17, 15) is 9.59 Å². The van der Waals surface area contributed by atoms with E-state index in [0.29, 0.717) is 18.7 Å². The second-order valence-corrected chi connectivity index (χ2v) is 7.34. The topological polar surface area (TPSA) is 65.8 Å². The molecule has 1 aromatic carbocycles. The van der Waals surface area contributed by atoms with Gasteiger partial charge in [-0.2, -0.15) is 0 Å². The number of hydrogen-bond donors (Lipinski definition) is 1. The fourth-order valence-electron chi connectivity index (χ4n) is 3.87. The molecule has 2 aromatic rings. The quantitative estimate of drug-likeness (QED) is 0.908. The third-order valence-corrected chi connectivity index (χ3v) is 5.56. The Labute approximate surface area is 158 Å². The molecule has 0 saturated carbocycles. The molecular formula is C21H23N3O3. The van der Waals surface area contributed by atoms with Crippen molar-refractivity contribution in [3.63, 3.8) is 0 Å². The van der Waals surface area contributed by atoms with Gasteiger partial charge in [0.2, 0.25) is 0 Å². The molecular weight excluding hydrogens is 342 g/mol. The highest BCUT2D eigenvalue weighted by atomic mass is 16.3. The zero-order valence-electron chi connectivity index (χ0n) is 16.0. The Morgan fingerprint density at radius 1 is 1.15 bits per heavy atom. The van der Waals surface area contributed by atoms with Crippen LogP contribution in [0.4, 0.5) is 4.79 Å². The highest BCUT2D eigenvalue weighted by Gasteiger charge is 2.43. The highest BCUT2D eigenvalue weighted by Crippen LogP contribution is 2.37. The maximum Gasteiger partial charge on any atom is 0.322 e. The molecule has 4 rings (SSSR count). The number of nitrogens with zero attached hydrogens (tertiary/aromatic N) is 2. The van der Waals surface area contributed by atoms with E-state index in [2.05, 4.69) is 24.4 Å². The fraction of sp³-hybridized carbons (Fsp3) is 0.333. The number of carbonyl (C=O) groups is 2. The predicted molar refractivity (Wildman–Crippen MR) is 101 cm³/mol. The Kier molecular flexibility index (Phi) is 4.06. The minimum atomic E-state index is -0.433. The molecule has 3 heterocycles. The van der Waals surface area contributed by atoms with Crippen molar-refractivity contribution < 1.29 is 14.0 Å². The molecule has 140 valence electrons. The van der Waals surface area contributed by atoms with Gasteiger partial charge in [-0.15, -0.1) is 0 Å². The van der Waals surface area contributed by atoms with Gasteiger partial charge in [-0.25, -0.2) is 4.79 Å². The molecule has 6 nitrogen and oxygen atoms in total. The monoisotopic (exact) mass is 365 g/mol. The third-order valence-electron chi connectivity index (χ3n) is 5.56. The molecule has 1 atom stereocenters. The predicted octanol–water partition coefficient (Wildman–Crippen LogP) is 3.20. The molecule has 0 fully saturated rings. The summed E-state index contributed by atoms with van der Waals surface area (Å²) in [6.07, 6.45) is 1.60. The summed E-state index contributed by atoms with van der Waals surface area (Å²) in [6.45, 7) is 6.92. The zero-order chi connectivity index (χ0) is 19.3. The molecule has 0 bridgehead atoms. The summed E-state index contributed by atoms with van der Waals surface area (Å²) in [5, 5.41) is 3.01. The highest BCUT2D eigenvalue weighted by molar-refractivity contribution is 6.01. The van der Waals surface area contributed by atoms with Crippen molar-refractivity contribution >= 4 is 11.9 Å². The van der Waals surface area contributed by atoms with Crippen LogP contribution in [0, 0.1) is 20.8 Å². The van der Waals surface area contributed by atoms with Crippen LogP contribution in [0.15, 0.2) is 46.2 Å². The van der Waals surface area contributed by atoms with E-state index in [1.54, 1.807) is 23.1 Å². The van der Waals surface area contributed by atoms with E-state index < -0.39 is 6.04 Å². The number of hydrogen-bond acceptors (Lipinski definition) is 3. The van der Waals surface area contributed by atoms with Gasteiger partial charge in [-0.1, -0.05) is 12.1 Å². The summed E-state index contributed by atoms with van der Waals surface area (Å²) in [5.41, 5.74) is 5.79. The molecule has 3 amide bonds. The zero-order valence-corrected chi connectivity index (χ0v) is 16.0. The largest absolute Gasteiger partial charge is 0.467 e. The maximum absolute atomic E-state index is 13.2. The lowest BCUT2D eigenvalue weighted by Crippen LogP contribution is -2.45. The molecule has 2 aliphatic rings. The van der Waals surface area contributed by atoms with Crippen molar-refractivity contribution in [2.45, 2.75) is 33.4 Å². The van der Waals surface area contributed by atoms with Crippen LogP contribution < -0.4 is 5.32 Å². The van der Waals surface area contributed by atoms with Crippen molar-refractivity contribution in [3.8, 4) is 0 Å². The van der Waals surface area contributed by atoms with Gasteiger partial charge in [0.05, 0.1) is 36.7 Å². The smallest absolute Gasteiger partial charge is 0.322 e. The van der Waals surface area contributed by atoms with Crippen LogP contribution in [0.1, 0.15) is 34.1 Å². The molecule has 0 saturated heterocycles. The lowest BCUT2D eigenvalue weighted by Gasteiger charge is -2.32. The standard InChI is InChI=1S/C21H23N3O3/c1-12-8-14(3)16(9-13(12)2)19-18-17(23(4)21(26)22-19)11-24(20(18)25)10-15-6-5-7-27-15/h5-9,19H,10-11H2,1-4H3,(H,22,26)/t19-/m1/s1. The first-order valence-corrected chi connectivity index (χ1v) is 9.03. The van der Waals surface area contributed by atoms with Gasteiger partial charge in [0.25, 0.3) is 5.91 Å². The summed E-state index contributed by atoms with van der Waals surface area (Å²) in [5.74, 6) is 0.667. The van der Waals surface area contributed by atoms with Crippen LogP contribution >= 0.6 is 0 Å². The normalized spacial score (nSPS) is 19.6. The van der Waals surface area contributed by atoms with E-state index in [0.717, 1.165) is 28.1 Å². The van der Waals surface area contributed by atoms with E-state index in [-0.39, 0.29) is 11.9 Å². The first kappa shape index (κ1) is 17.4. The Hall–Kier alpha value is -3.02. The minimum absolute atomic E-state index is 0.0594. The average molecular weight is 365 g/mol. The van der Waals surface area contributed by atoms with E-state index >= 15 is 0 Å². The summed E-state index contributed by atoms with van der Waals surface area (Å²) >= 11 is 0. The van der Waals surface area contributed by atoms with E-state index in [1.807, 2.05) is 26.0 Å². The number of rotatable bonds is 3. The third kappa shape index (κ3) is 2.81. The lowest BCUT2D eigenvalue weighted by molar-refractivity contribution is -0.126. The summed E-state index contributed by atoms with van der Waals surface area (Å²) in [7, 11) is 1.71. The Morgan fingerprint density at radius 2 is 1.89 bits per heavy atom. The number of urea groups is 1. The number of carbonyl (C=O) groups excluding carboxylic acids is 2. The van der Waals surface area contributed by atoms with Crippen LogP contribution in [-0.4, -0.2) is 35.3 Å². The van der Waals surface area contributed by atoms with Gasteiger partial charge < -0.3 is 14.6 Å². The fourth-order valence-corrected chi connectivity index (χ4v) is 3.87. The van der Waals surface area contributed by atoms with Gasteiger partial charge in [0.1, 0.15) is 5.76 Å². The molecule has 0 aliphatic carbocycles. The molecule has 0 unspecified atom stereocenters. The molecule has 2 aliphatic heterocycles. The van der Waals surface area contributed by atoms with Crippen LogP contribution in [0.25, 0.3) is 0 Å². The van der Waals surface area contributed by atoms with Crippen molar-refractivity contribution in [1.82, 2.24) is 15.1 Å².